The maximum absolute atomic E-state index is 13.1. The Labute approximate surface area is 184 Å². The summed E-state index contributed by atoms with van der Waals surface area (Å²) < 4.78 is 66.4. The van der Waals surface area contributed by atoms with E-state index in [1.165, 1.54) is 34.6 Å². The molecule has 0 saturated carbocycles. The predicted molar refractivity (Wildman–Crippen MR) is 115 cm³/mol. The smallest absolute Gasteiger partial charge is 0.394 e. The third-order valence-electron chi connectivity index (χ3n) is 5.55. The van der Waals surface area contributed by atoms with Crippen LogP contribution in [-0.4, -0.2) is 66.3 Å². The van der Waals surface area contributed by atoms with Crippen LogP contribution in [0.25, 0.3) is 0 Å². The van der Waals surface area contributed by atoms with Crippen molar-refractivity contribution in [2.24, 2.45) is 0 Å². The molecule has 1 aromatic carbocycles. The molecule has 0 bridgehead atoms. The van der Waals surface area contributed by atoms with E-state index in [1.807, 2.05) is 0 Å². The van der Waals surface area contributed by atoms with Crippen molar-refractivity contribution in [1.29, 1.82) is 0 Å². The number of aliphatic hydroxyl groups is 2. The third kappa shape index (κ3) is 4.56. The Bertz CT molecular complexity index is 1000. The number of sulfonamides is 1. The van der Waals surface area contributed by atoms with Crippen molar-refractivity contribution in [3.05, 3.63) is 53.0 Å². The molecule has 0 radical (unpaired) electrons. The molecule has 6 nitrogen and oxygen atoms in total. The highest BCUT2D eigenvalue weighted by molar-refractivity contribution is 7.96. The molecule has 31 heavy (non-hydrogen) atoms. The van der Waals surface area contributed by atoms with E-state index >= 15 is 0 Å². The monoisotopic (exact) mass is 476 g/mol. The van der Waals surface area contributed by atoms with Gasteiger partial charge in [0, 0.05) is 36.6 Å². The van der Waals surface area contributed by atoms with Gasteiger partial charge in [-0.2, -0.15) is 17.5 Å². The Morgan fingerprint density at radius 3 is 2.39 bits per heavy atom. The van der Waals surface area contributed by atoms with E-state index in [0.29, 0.717) is 23.9 Å². The minimum atomic E-state index is -4.83. The van der Waals surface area contributed by atoms with Crippen LogP contribution in [0.4, 0.5) is 18.9 Å². The van der Waals surface area contributed by atoms with Crippen molar-refractivity contribution in [3.8, 4) is 0 Å². The second-order valence-electron chi connectivity index (χ2n) is 7.60. The van der Waals surface area contributed by atoms with Crippen LogP contribution in [0, 0.1) is 0 Å². The summed E-state index contributed by atoms with van der Waals surface area (Å²) in [5, 5.41) is 19.7. The number of alkyl halides is 3. The van der Waals surface area contributed by atoms with Gasteiger partial charge in [-0.25, -0.2) is 8.42 Å². The van der Waals surface area contributed by atoms with Crippen LogP contribution in [-0.2, 0) is 15.6 Å². The lowest BCUT2D eigenvalue weighted by Crippen LogP contribution is -2.56. The Kier molecular flexibility index (Phi) is 6.64. The summed E-state index contributed by atoms with van der Waals surface area (Å²) in [7, 11) is -3.82. The van der Waals surface area contributed by atoms with Gasteiger partial charge in [0.1, 0.15) is 0 Å². The summed E-state index contributed by atoms with van der Waals surface area (Å²) in [5.41, 5.74) is -2.78. The Morgan fingerprint density at radius 2 is 1.84 bits per heavy atom. The summed E-state index contributed by atoms with van der Waals surface area (Å²) in [6.07, 6.45) is 0.422. The standard InChI is InChI=1S/C20H23F3N2O4S2/c1-19(27,20(21,22)23)14-6-8-15(9-7-14)25-11-10-24(12-16(25)13-26)31(28,29)18-5-3-2-4-17(18)30/h2-3,5-9,16,26-27H,4,10-13H2,1H3/t16-,19?/m0/s1. The van der Waals surface area contributed by atoms with Crippen LogP contribution in [0.1, 0.15) is 18.9 Å². The largest absolute Gasteiger partial charge is 0.421 e. The van der Waals surface area contributed by atoms with Crippen molar-refractivity contribution < 1.29 is 31.8 Å². The average Bonchev–Trinajstić information content (AvgIpc) is 2.72. The molecule has 1 unspecified atom stereocenters. The Hall–Kier alpha value is -1.79. The van der Waals surface area contributed by atoms with Crippen molar-refractivity contribution >= 4 is 32.8 Å². The number of benzene rings is 1. The molecular weight excluding hydrogens is 453 g/mol. The number of halogens is 3. The molecule has 0 aromatic heterocycles. The molecule has 2 aliphatic rings. The fourth-order valence-electron chi connectivity index (χ4n) is 3.58. The predicted octanol–water partition coefficient (Wildman–Crippen LogP) is 2.48. The van der Waals surface area contributed by atoms with E-state index in [2.05, 4.69) is 0 Å². The molecule has 1 saturated heterocycles. The Morgan fingerprint density at radius 1 is 1.19 bits per heavy atom. The molecule has 1 heterocycles. The van der Waals surface area contributed by atoms with Gasteiger partial charge in [-0.05, 0) is 30.7 Å². The van der Waals surface area contributed by atoms with Gasteiger partial charge >= 0.3 is 6.18 Å². The van der Waals surface area contributed by atoms with Gasteiger partial charge < -0.3 is 15.1 Å². The molecule has 1 fully saturated rings. The maximum atomic E-state index is 13.1. The number of hydrogen-bond acceptors (Lipinski definition) is 6. The molecule has 170 valence electrons. The van der Waals surface area contributed by atoms with Crippen LogP contribution in [0.2, 0.25) is 0 Å². The minimum Gasteiger partial charge on any atom is -0.394 e. The molecule has 11 heteroatoms. The van der Waals surface area contributed by atoms with Gasteiger partial charge in [-0.1, -0.05) is 36.5 Å². The van der Waals surface area contributed by atoms with Gasteiger partial charge in [0.25, 0.3) is 0 Å². The maximum Gasteiger partial charge on any atom is 0.421 e. The van der Waals surface area contributed by atoms with Crippen molar-refractivity contribution in [2.75, 3.05) is 31.1 Å². The second kappa shape index (κ2) is 8.62. The van der Waals surface area contributed by atoms with E-state index < -0.39 is 27.8 Å². The van der Waals surface area contributed by atoms with Gasteiger partial charge in [0.15, 0.2) is 5.60 Å². The number of aliphatic hydroxyl groups excluding tert-OH is 1. The molecule has 1 aliphatic heterocycles. The lowest BCUT2D eigenvalue weighted by molar-refractivity contribution is -0.258. The molecule has 2 N–H and O–H groups in total. The first-order valence-electron chi connectivity index (χ1n) is 9.57. The summed E-state index contributed by atoms with van der Waals surface area (Å²) in [5.74, 6) is 0. The number of anilines is 1. The third-order valence-corrected chi connectivity index (χ3v) is 8.01. The van der Waals surface area contributed by atoms with Crippen LogP contribution < -0.4 is 4.90 Å². The second-order valence-corrected chi connectivity index (χ2v) is 10.00. The highest BCUT2D eigenvalue weighted by atomic mass is 32.2. The van der Waals surface area contributed by atoms with Crippen LogP contribution in [0.3, 0.4) is 0 Å². The number of nitrogens with zero attached hydrogens (tertiary/aromatic N) is 2. The van der Waals surface area contributed by atoms with E-state index in [4.69, 9.17) is 12.2 Å². The first-order valence-corrected chi connectivity index (χ1v) is 11.4. The number of piperazine rings is 1. The zero-order chi connectivity index (χ0) is 23.0. The van der Waals surface area contributed by atoms with Crippen LogP contribution >= 0.6 is 12.2 Å². The lowest BCUT2D eigenvalue weighted by Gasteiger charge is -2.41. The zero-order valence-electron chi connectivity index (χ0n) is 16.7. The molecule has 2 atom stereocenters. The van der Waals surface area contributed by atoms with Crippen LogP contribution in [0.5, 0.6) is 0 Å². The van der Waals surface area contributed by atoms with E-state index in [-0.39, 0.29) is 36.7 Å². The Balaban J connectivity index is 1.80. The zero-order valence-corrected chi connectivity index (χ0v) is 18.3. The van der Waals surface area contributed by atoms with Gasteiger partial charge in [0.2, 0.25) is 10.0 Å². The molecule has 1 aromatic rings. The van der Waals surface area contributed by atoms with Gasteiger partial charge in [-0.15, -0.1) is 0 Å². The summed E-state index contributed by atoms with van der Waals surface area (Å²) in [4.78, 5) is 2.15. The number of rotatable bonds is 5. The quantitative estimate of drug-likeness (QED) is 0.636. The minimum absolute atomic E-state index is 0.00448. The molecule has 0 spiro atoms. The summed E-state index contributed by atoms with van der Waals surface area (Å²) in [6.45, 7) is 0.698. The first kappa shape index (κ1) is 23.9. The molecule has 3 rings (SSSR count). The first-order chi connectivity index (χ1) is 14.4. The van der Waals surface area contributed by atoms with E-state index in [9.17, 15) is 31.8 Å². The highest BCUT2D eigenvalue weighted by Crippen LogP contribution is 2.39. The van der Waals surface area contributed by atoms with Gasteiger partial charge in [0.05, 0.1) is 17.6 Å². The average molecular weight is 477 g/mol. The van der Waals surface area contributed by atoms with Gasteiger partial charge in [-0.3, -0.25) is 0 Å². The molecule has 1 aliphatic carbocycles. The summed E-state index contributed by atoms with van der Waals surface area (Å²) in [6, 6.07) is 4.61. The number of thiocarbonyl (C=S) groups is 1. The van der Waals surface area contributed by atoms with Crippen molar-refractivity contribution in [2.45, 2.75) is 31.2 Å². The normalized spacial score (nSPS) is 22.9. The molecule has 0 amide bonds. The summed E-state index contributed by atoms with van der Waals surface area (Å²) >= 11 is 5.18. The fourth-order valence-corrected chi connectivity index (χ4v) is 5.65. The SMILES string of the molecule is CC(O)(c1ccc(N2CCN(S(=O)(=O)C3=CC=CCC3=S)C[C@H]2CO)cc1)C(F)(F)F. The number of allylic oxidation sites excluding steroid dienone is 4. The van der Waals surface area contributed by atoms with Crippen molar-refractivity contribution in [3.63, 3.8) is 0 Å². The highest BCUT2D eigenvalue weighted by Gasteiger charge is 2.51. The molecular formula is C20H23F3N2O4S2. The number of hydrogen-bond donors (Lipinski definition) is 2. The van der Waals surface area contributed by atoms with Crippen LogP contribution in [0.15, 0.2) is 47.4 Å². The van der Waals surface area contributed by atoms with E-state index in [1.54, 1.807) is 17.1 Å². The topological polar surface area (TPSA) is 81.1 Å². The lowest BCUT2D eigenvalue weighted by atomic mass is 9.95. The van der Waals surface area contributed by atoms with Crippen molar-refractivity contribution in [1.82, 2.24) is 4.31 Å². The fraction of sp³-hybridized carbons (Fsp3) is 0.450. The van der Waals surface area contributed by atoms with E-state index in [0.717, 1.165) is 0 Å².